The van der Waals surface area contributed by atoms with E-state index in [-0.39, 0.29) is 12.5 Å². The summed E-state index contributed by atoms with van der Waals surface area (Å²) in [5.74, 6) is -1.06. The van der Waals surface area contributed by atoms with Gasteiger partial charge in [-0.15, -0.1) is 0 Å². The summed E-state index contributed by atoms with van der Waals surface area (Å²) in [6, 6.07) is 11.2. The number of aromatic nitrogens is 4. The fourth-order valence-corrected chi connectivity index (χ4v) is 5.26. The average Bonchev–Trinajstić information content (AvgIpc) is 3.48. The predicted octanol–water partition coefficient (Wildman–Crippen LogP) is 3.36. The van der Waals surface area contributed by atoms with E-state index in [0.717, 1.165) is 38.8 Å². The molecule has 1 aromatic carbocycles. The Kier molecular flexibility index (Phi) is 6.53. The molecule has 1 aliphatic rings. The van der Waals surface area contributed by atoms with Crippen molar-refractivity contribution in [3.63, 3.8) is 0 Å². The summed E-state index contributed by atoms with van der Waals surface area (Å²) in [6.45, 7) is 0.882. The monoisotopic (exact) mass is 516 g/mol. The number of hydrogen-bond acceptors (Lipinski definition) is 8. The molecule has 188 valence electrons. The van der Waals surface area contributed by atoms with Gasteiger partial charge in [0.25, 0.3) is 11.8 Å². The van der Waals surface area contributed by atoms with Crippen LogP contribution in [0.3, 0.4) is 0 Å². The van der Waals surface area contributed by atoms with Crippen molar-refractivity contribution in [3.8, 4) is 27.5 Å². The minimum atomic E-state index is -0.525. The molecule has 0 aliphatic heterocycles. The Bertz CT molecular complexity index is 1490. The number of nitrogens with one attached hydrogen (secondary N) is 1. The number of fused-ring (bicyclic) bond motifs is 3. The number of ether oxygens (including phenoxy) is 1. The molecule has 5 rings (SSSR count). The van der Waals surface area contributed by atoms with Crippen molar-refractivity contribution in [2.45, 2.75) is 19.8 Å². The molecule has 0 saturated heterocycles. The molecule has 3 heterocycles. The topological polar surface area (TPSA) is 119 Å². The fraction of sp³-hybridized carbons (Fsp3) is 0.231. The summed E-state index contributed by atoms with van der Waals surface area (Å²) in [5.41, 5.74) is 5.93. The van der Waals surface area contributed by atoms with Crippen LogP contribution in [0, 0.1) is 0 Å². The first-order valence-electron chi connectivity index (χ1n) is 11.6. The van der Waals surface area contributed by atoms with E-state index in [2.05, 4.69) is 15.3 Å². The zero-order valence-corrected chi connectivity index (χ0v) is 21.3. The minimum absolute atomic E-state index is 0.0797. The second-order valence-corrected chi connectivity index (χ2v) is 9.70. The predicted molar refractivity (Wildman–Crippen MR) is 139 cm³/mol. The van der Waals surface area contributed by atoms with Gasteiger partial charge in [-0.25, -0.2) is 9.67 Å². The molecule has 3 aromatic heterocycles. The third-order valence-corrected chi connectivity index (χ3v) is 6.88. The van der Waals surface area contributed by atoms with Crippen molar-refractivity contribution in [2.75, 3.05) is 26.0 Å². The number of nitrogens with zero attached hydrogens (tertiary/aromatic N) is 5. The second kappa shape index (κ2) is 9.94. The molecule has 4 aromatic rings. The molecule has 11 heteroatoms. The first-order chi connectivity index (χ1) is 17.8. The Morgan fingerprint density at radius 2 is 1.92 bits per heavy atom. The van der Waals surface area contributed by atoms with Gasteiger partial charge in [-0.1, -0.05) is 11.3 Å². The van der Waals surface area contributed by atoms with E-state index < -0.39 is 11.9 Å². The number of amides is 2. The quantitative estimate of drug-likeness (QED) is 0.390. The third-order valence-electron chi connectivity index (χ3n) is 5.86. The molecule has 37 heavy (non-hydrogen) atoms. The number of thiazole rings is 1. The van der Waals surface area contributed by atoms with E-state index in [1.807, 2.05) is 28.9 Å². The normalized spacial score (nSPS) is 11.9. The van der Waals surface area contributed by atoms with Gasteiger partial charge in [0.15, 0.2) is 11.7 Å². The molecule has 2 amide bonds. The van der Waals surface area contributed by atoms with Crippen molar-refractivity contribution < 1.29 is 19.1 Å². The lowest BCUT2D eigenvalue weighted by molar-refractivity contribution is -0.144. The van der Waals surface area contributed by atoms with Crippen LogP contribution < -0.4 is 5.32 Å². The van der Waals surface area contributed by atoms with Gasteiger partial charge in [-0.05, 0) is 49.2 Å². The van der Waals surface area contributed by atoms with Crippen molar-refractivity contribution in [1.82, 2.24) is 24.6 Å². The van der Waals surface area contributed by atoms with Gasteiger partial charge < -0.3 is 9.64 Å². The average molecular weight is 517 g/mol. The van der Waals surface area contributed by atoms with Gasteiger partial charge in [0.05, 0.1) is 27.6 Å². The summed E-state index contributed by atoms with van der Waals surface area (Å²) < 4.78 is 6.65. The van der Waals surface area contributed by atoms with Crippen LogP contribution in [0.5, 0.6) is 0 Å². The van der Waals surface area contributed by atoms with Crippen LogP contribution in [-0.4, -0.2) is 63.1 Å². The summed E-state index contributed by atoms with van der Waals surface area (Å²) >= 11 is 1.35. The summed E-state index contributed by atoms with van der Waals surface area (Å²) in [5, 5.41) is 8.13. The van der Waals surface area contributed by atoms with Gasteiger partial charge >= 0.3 is 5.97 Å². The second-order valence-electron chi connectivity index (χ2n) is 8.70. The highest BCUT2D eigenvalue weighted by atomic mass is 32.1. The molecule has 1 N–H and O–H groups in total. The zero-order valence-electron chi connectivity index (χ0n) is 20.5. The van der Waals surface area contributed by atoms with Crippen molar-refractivity contribution in [1.29, 1.82) is 0 Å². The van der Waals surface area contributed by atoms with E-state index in [1.54, 1.807) is 38.6 Å². The van der Waals surface area contributed by atoms with Crippen LogP contribution in [-0.2, 0) is 27.2 Å². The molecule has 0 unspecified atom stereocenters. The maximum Gasteiger partial charge on any atom is 0.303 e. The van der Waals surface area contributed by atoms with Gasteiger partial charge in [0.2, 0.25) is 0 Å². The van der Waals surface area contributed by atoms with Crippen LogP contribution >= 0.6 is 11.3 Å². The highest BCUT2D eigenvalue weighted by molar-refractivity contribution is 7.19. The molecule has 0 atom stereocenters. The number of esters is 1. The standard InChI is InChI=1S/C26H24N6O4S/c1-15(33)36-14-21(34)29-26-28-20-11-10-19-22(17-5-4-12-27-13-17)30-32(23(19)24(20)37-26)18-8-6-16(7-9-18)25(35)31(2)3/h4-9,12-13H,10-11,14H2,1-3H3,(H,28,29,34). The summed E-state index contributed by atoms with van der Waals surface area (Å²) in [4.78, 5) is 47.0. The minimum Gasteiger partial charge on any atom is -0.456 e. The number of hydrogen-bond donors (Lipinski definition) is 1. The Morgan fingerprint density at radius 3 is 2.59 bits per heavy atom. The highest BCUT2D eigenvalue weighted by Gasteiger charge is 2.30. The Labute approximate surface area is 216 Å². The van der Waals surface area contributed by atoms with Gasteiger partial charge in [0, 0.05) is 50.1 Å². The Hall–Kier alpha value is -4.38. The maximum absolute atomic E-state index is 12.4. The van der Waals surface area contributed by atoms with E-state index >= 15 is 0 Å². The molecule has 1 aliphatic carbocycles. The first kappa shape index (κ1) is 24.3. The molecule has 0 fully saturated rings. The lowest BCUT2D eigenvalue weighted by Gasteiger charge is -2.15. The highest BCUT2D eigenvalue weighted by Crippen LogP contribution is 2.44. The number of carbonyl (C=O) groups excluding carboxylic acids is 3. The lowest BCUT2D eigenvalue weighted by atomic mass is 9.95. The van der Waals surface area contributed by atoms with Crippen LogP contribution in [0.1, 0.15) is 28.5 Å². The molecular weight excluding hydrogens is 492 g/mol. The van der Waals surface area contributed by atoms with E-state index in [9.17, 15) is 14.4 Å². The number of aryl methyl sites for hydroxylation is 1. The number of rotatable bonds is 6. The molecular formula is C26H24N6O4S. The van der Waals surface area contributed by atoms with Gasteiger partial charge in [0.1, 0.15) is 0 Å². The Balaban J connectivity index is 1.57. The van der Waals surface area contributed by atoms with Crippen LogP contribution in [0.25, 0.3) is 27.5 Å². The summed E-state index contributed by atoms with van der Waals surface area (Å²) in [7, 11) is 3.43. The largest absolute Gasteiger partial charge is 0.456 e. The van der Waals surface area contributed by atoms with E-state index in [4.69, 9.17) is 9.84 Å². The molecule has 0 bridgehead atoms. The number of anilines is 1. The van der Waals surface area contributed by atoms with Crippen LogP contribution in [0.4, 0.5) is 5.13 Å². The van der Waals surface area contributed by atoms with Crippen molar-refractivity contribution in [2.24, 2.45) is 0 Å². The van der Waals surface area contributed by atoms with Gasteiger partial charge in [-0.2, -0.15) is 5.10 Å². The first-order valence-corrected chi connectivity index (χ1v) is 12.4. The van der Waals surface area contributed by atoms with Crippen molar-refractivity contribution in [3.05, 3.63) is 65.6 Å². The number of carbonyl (C=O) groups is 3. The summed E-state index contributed by atoms with van der Waals surface area (Å²) in [6.07, 6.45) is 4.91. The molecule has 0 radical (unpaired) electrons. The molecule has 0 spiro atoms. The Morgan fingerprint density at radius 1 is 1.14 bits per heavy atom. The van der Waals surface area contributed by atoms with E-state index in [1.165, 1.54) is 23.2 Å². The lowest BCUT2D eigenvalue weighted by Crippen LogP contribution is -2.21. The van der Waals surface area contributed by atoms with Crippen molar-refractivity contribution >= 4 is 34.3 Å². The van der Waals surface area contributed by atoms with Crippen LogP contribution in [0.2, 0.25) is 0 Å². The van der Waals surface area contributed by atoms with E-state index in [0.29, 0.717) is 23.5 Å². The number of pyridine rings is 1. The maximum atomic E-state index is 12.4. The third kappa shape index (κ3) is 4.85. The number of benzene rings is 1. The fourth-order valence-electron chi connectivity index (χ4n) is 4.17. The smallest absolute Gasteiger partial charge is 0.303 e. The molecule has 0 saturated carbocycles. The zero-order chi connectivity index (χ0) is 26.1. The molecule has 10 nitrogen and oxygen atoms in total. The van der Waals surface area contributed by atoms with Gasteiger partial charge in [-0.3, -0.25) is 24.7 Å². The van der Waals surface area contributed by atoms with Crippen LogP contribution in [0.15, 0.2) is 48.8 Å². The SMILES string of the molecule is CC(=O)OCC(=O)Nc1nc2c(s1)-c1c(c(-c3cccnc3)nn1-c1ccc(C(=O)N(C)C)cc1)CC2.